The highest BCUT2D eigenvalue weighted by Gasteiger charge is 2.16. The standard InChI is InChI=1S/C20H21NO5S/c1-13(27-12-14-3-5-15(6-4-14)20(23)24-2)19(22)21-16-7-8-17-18(11-16)26-10-9-25-17/h3-8,11,13H,9-10,12H2,1-2H3,(H,21,22)/t13-/m1/s1. The van der Waals surface area contributed by atoms with Crippen LogP contribution in [0.1, 0.15) is 22.8 Å². The molecule has 0 saturated heterocycles. The van der Waals surface area contributed by atoms with E-state index in [0.29, 0.717) is 41.7 Å². The van der Waals surface area contributed by atoms with Gasteiger partial charge in [-0.1, -0.05) is 12.1 Å². The summed E-state index contributed by atoms with van der Waals surface area (Å²) < 4.78 is 15.7. The highest BCUT2D eigenvalue weighted by molar-refractivity contribution is 7.99. The van der Waals surface area contributed by atoms with Crippen molar-refractivity contribution < 1.29 is 23.8 Å². The maximum Gasteiger partial charge on any atom is 0.337 e. The van der Waals surface area contributed by atoms with Crippen LogP contribution in [0.25, 0.3) is 0 Å². The van der Waals surface area contributed by atoms with E-state index < -0.39 is 0 Å². The number of carbonyl (C=O) groups excluding carboxylic acids is 2. The number of hydrogen-bond acceptors (Lipinski definition) is 6. The van der Waals surface area contributed by atoms with Gasteiger partial charge >= 0.3 is 5.97 Å². The van der Waals surface area contributed by atoms with Crippen LogP contribution in [0, 0.1) is 0 Å². The monoisotopic (exact) mass is 387 g/mol. The molecule has 0 aliphatic carbocycles. The molecule has 142 valence electrons. The molecule has 27 heavy (non-hydrogen) atoms. The number of nitrogens with one attached hydrogen (secondary N) is 1. The van der Waals surface area contributed by atoms with Crippen molar-refractivity contribution in [1.29, 1.82) is 0 Å². The topological polar surface area (TPSA) is 73.9 Å². The number of thioether (sulfide) groups is 1. The first kappa shape index (κ1) is 19.1. The van der Waals surface area contributed by atoms with Crippen LogP contribution in [0.2, 0.25) is 0 Å². The van der Waals surface area contributed by atoms with Gasteiger partial charge in [-0.05, 0) is 36.8 Å². The van der Waals surface area contributed by atoms with E-state index in [-0.39, 0.29) is 17.1 Å². The maximum absolute atomic E-state index is 12.4. The Bertz CT molecular complexity index is 822. The first-order valence-corrected chi connectivity index (χ1v) is 9.61. The molecule has 7 heteroatoms. The van der Waals surface area contributed by atoms with Gasteiger partial charge < -0.3 is 19.5 Å². The fourth-order valence-corrected chi connectivity index (χ4v) is 3.36. The van der Waals surface area contributed by atoms with Crippen molar-refractivity contribution in [2.45, 2.75) is 17.9 Å². The Morgan fingerprint density at radius 2 is 1.81 bits per heavy atom. The summed E-state index contributed by atoms with van der Waals surface area (Å²) in [5, 5.41) is 2.67. The molecule has 1 heterocycles. The van der Waals surface area contributed by atoms with Crippen LogP contribution < -0.4 is 14.8 Å². The summed E-state index contributed by atoms with van der Waals surface area (Å²) in [6, 6.07) is 12.5. The molecule has 1 aliphatic rings. The second-order valence-electron chi connectivity index (χ2n) is 5.99. The molecule has 0 bridgehead atoms. The summed E-state index contributed by atoms with van der Waals surface area (Å²) in [7, 11) is 1.36. The normalized spacial score (nSPS) is 13.6. The Kier molecular flexibility index (Phi) is 6.24. The number of carbonyl (C=O) groups is 2. The van der Waals surface area contributed by atoms with E-state index >= 15 is 0 Å². The van der Waals surface area contributed by atoms with Gasteiger partial charge in [-0.2, -0.15) is 0 Å². The number of fused-ring (bicyclic) bond motifs is 1. The predicted octanol–water partition coefficient (Wildman–Crippen LogP) is 3.50. The fraction of sp³-hybridized carbons (Fsp3) is 0.300. The third kappa shape index (κ3) is 4.95. The molecule has 0 fully saturated rings. The van der Waals surface area contributed by atoms with Crippen LogP contribution in [0.3, 0.4) is 0 Å². The number of benzene rings is 2. The molecule has 0 spiro atoms. The lowest BCUT2D eigenvalue weighted by Gasteiger charge is -2.19. The zero-order valence-corrected chi connectivity index (χ0v) is 16.0. The van der Waals surface area contributed by atoms with E-state index in [2.05, 4.69) is 10.1 Å². The molecular weight excluding hydrogens is 366 g/mol. The molecule has 1 aliphatic heterocycles. The van der Waals surface area contributed by atoms with Crippen molar-refractivity contribution in [1.82, 2.24) is 0 Å². The lowest BCUT2D eigenvalue weighted by atomic mass is 10.1. The average Bonchev–Trinajstić information content (AvgIpc) is 2.71. The van der Waals surface area contributed by atoms with Gasteiger partial charge in [0.05, 0.1) is 17.9 Å². The quantitative estimate of drug-likeness (QED) is 0.765. The summed E-state index contributed by atoms with van der Waals surface area (Å²) >= 11 is 1.52. The van der Waals surface area contributed by atoms with Crippen molar-refractivity contribution in [3.05, 3.63) is 53.6 Å². The van der Waals surface area contributed by atoms with Crippen LogP contribution >= 0.6 is 11.8 Å². The highest BCUT2D eigenvalue weighted by atomic mass is 32.2. The van der Waals surface area contributed by atoms with Crippen molar-refractivity contribution in [2.75, 3.05) is 25.6 Å². The van der Waals surface area contributed by atoms with Crippen LogP contribution in [0.5, 0.6) is 11.5 Å². The Balaban J connectivity index is 1.52. The molecular formula is C20H21NO5S. The number of anilines is 1. The zero-order valence-electron chi connectivity index (χ0n) is 15.2. The molecule has 0 aromatic heterocycles. The Morgan fingerprint density at radius 1 is 1.11 bits per heavy atom. The lowest BCUT2D eigenvalue weighted by Crippen LogP contribution is -2.23. The van der Waals surface area contributed by atoms with E-state index in [1.54, 1.807) is 30.3 Å². The van der Waals surface area contributed by atoms with E-state index in [1.807, 2.05) is 19.1 Å². The average molecular weight is 387 g/mol. The third-order valence-electron chi connectivity index (χ3n) is 4.05. The molecule has 2 aromatic rings. The van der Waals surface area contributed by atoms with Gasteiger partial charge in [-0.3, -0.25) is 4.79 Å². The number of rotatable bonds is 6. The second kappa shape index (κ2) is 8.81. The van der Waals surface area contributed by atoms with Crippen LogP contribution in [-0.2, 0) is 15.3 Å². The fourth-order valence-electron chi connectivity index (χ4n) is 2.52. The highest BCUT2D eigenvalue weighted by Crippen LogP contribution is 2.32. The molecule has 0 saturated carbocycles. The summed E-state index contributed by atoms with van der Waals surface area (Å²) in [5.74, 6) is 1.56. The van der Waals surface area contributed by atoms with E-state index in [1.165, 1.54) is 18.9 Å². The molecule has 1 N–H and O–H groups in total. The minimum absolute atomic E-state index is 0.0807. The molecule has 0 radical (unpaired) electrons. The minimum atomic E-state index is -0.360. The summed E-state index contributed by atoms with van der Waals surface area (Å²) in [6.45, 7) is 2.90. The molecule has 2 aromatic carbocycles. The minimum Gasteiger partial charge on any atom is -0.486 e. The smallest absolute Gasteiger partial charge is 0.337 e. The van der Waals surface area contributed by atoms with Crippen LogP contribution in [0.15, 0.2) is 42.5 Å². The van der Waals surface area contributed by atoms with Crippen LogP contribution in [0.4, 0.5) is 5.69 Å². The Labute approximate surface area is 162 Å². The van der Waals surface area contributed by atoms with E-state index in [4.69, 9.17) is 9.47 Å². The number of amides is 1. The van der Waals surface area contributed by atoms with E-state index in [9.17, 15) is 9.59 Å². The van der Waals surface area contributed by atoms with Gasteiger partial charge in [0.2, 0.25) is 5.91 Å². The summed E-state index contributed by atoms with van der Waals surface area (Å²) in [5.41, 5.74) is 2.22. The number of ether oxygens (including phenoxy) is 3. The molecule has 1 amide bonds. The molecule has 6 nitrogen and oxygen atoms in total. The first-order valence-electron chi connectivity index (χ1n) is 8.56. The predicted molar refractivity (Wildman–Crippen MR) is 105 cm³/mol. The van der Waals surface area contributed by atoms with Gasteiger partial charge in [0.1, 0.15) is 13.2 Å². The summed E-state index contributed by atoms with van der Waals surface area (Å²) in [4.78, 5) is 23.9. The Morgan fingerprint density at radius 3 is 2.52 bits per heavy atom. The van der Waals surface area contributed by atoms with Crippen molar-refractivity contribution in [3.63, 3.8) is 0 Å². The second-order valence-corrected chi connectivity index (χ2v) is 7.32. The van der Waals surface area contributed by atoms with Gasteiger partial charge in [0, 0.05) is 17.5 Å². The van der Waals surface area contributed by atoms with Crippen molar-refractivity contribution in [2.24, 2.45) is 0 Å². The number of methoxy groups -OCH3 is 1. The zero-order chi connectivity index (χ0) is 19.2. The SMILES string of the molecule is COC(=O)c1ccc(CS[C@H](C)C(=O)Nc2ccc3c(c2)OCCO3)cc1. The Hall–Kier alpha value is -2.67. The first-order chi connectivity index (χ1) is 13.1. The largest absolute Gasteiger partial charge is 0.486 e. The third-order valence-corrected chi connectivity index (χ3v) is 5.27. The van der Waals surface area contributed by atoms with Crippen LogP contribution in [-0.4, -0.2) is 37.4 Å². The van der Waals surface area contributed by atoms with Gasteiger partial charge in [0.15, 0.2) is 11.5 Å². The number of esters is 1. The molecule has 0 unspecified atom stereocenters. The summed E-state index contributed by atoms with van der Waals surface area (Å²) in [6.07, 6.45) is 0. The maximum atomic E-state index is 12.4. The van der Waals surface area contributed by atoms with Gasteiger partial charge in [-0.25, -0.2) is 4.79 Å². The molecule has 3 rings (SSSR count). The van der Waals surface area contributed by atoms with E-state index in [0.717, 1.165) is 5.56 Å². The molecule has 1 atom stereocenters. The number of hydrogen-bond donors (Lipinski definition) is 1. The van der Waals surface area contributed by atoms with Gasteiger partial charge in [-0.15, -0.1) is 11.8 Å². The van der Waals surface area contributed by atoms with Gasteiger partial charge in [0.25, 0.3) is 0 Å². The van der Waals surface area contributed by atoms with Crippen molar-refractivity contribution >= 4 is 29.3 Å². The lowest BCUT2D eigenvalue weighted by molar-refractivity contribution is -0.115. The van der Waals surface area contributed by atoms with Crippen molar-refractivity contribution in [3.8, 4) is 11.5 Å².